The van der Waals surface area contributed by atoms with Crippen LogP contribution in [-0.2, 0) is 4.74 Å². The van der Waals surface area contributed by atoms with Crippen LogP contribution in [-0.4, -0.2) is 21.3 Å². The Balaban J connectivity index is 4.84. The summed E-state index contributed by atoms with van der Waals surface area (Å²) in [6, 6.07) is 1.29. The van der Waals surface area contributed by atoms with Crippen LogP contribution in [0.25, 0.3) is 0 Å². The quantitative estimate of drug-likeness (QED) is 0.315. The fourth-order valence-electron chi connectivity index (χ4n) is 2.82. The van der Waals surface area contributed by atoms with Crippen LogP contribution in [0.1, 0.15) is 52.9 Å². The topological polar surface area (TPSA) is 9.23 Å². The van der Waals surface area contributed by atoms with Gasteiger partial charge < -0.3 is 4.74 Å². The lowest BCUT2D eigenvalue weighted by molar-refractivity contribution is 0.0606. The molecule has 0 amide bonds. The molecular formula is C19H38OSi. The summed E-state index contributed by atoms with van der Waals surface area (Å²) in [7, 11) is 0.757. The average Bonchev–Trinajstić information content (AvgIpc) is 2.36. The summed E-state index contributed by atoms with van der Waals surface area (Å²) in [6.07, 6.45) is 8.57. The monoisotopic (exact) mass is 310 g/mol. The molecule has 0 aliphatic carbocycles. The third-order valence-corrected chi connectivity index (χ3v) is 5.63. The van der Waals surface area contributed by atoms with Gasteiger partial charge >= 0.3 is 0 Å². The minimum Gasteiger partial charge on any atom is -0.381 e. The smallest absolute Gasteiger partial charge is 0.0633 e. The highest BCUT2D eigenvalue weighted by atomic mass is 28.3. The van der Waals surface area contributed by atoms with Crippen molar-refractivity contribution in [2.45, 2.75) is 84.7 Å². The summed E-state index contributed by atoms with van der Waals surface area (Å²) in [5.74, 6) is 0.541. The van der Waals surface area contributed by atoms with Crippen LogP contribution in [0.2, 0.25) is 25.7 Å². The Morgan fingerprint density at radius 1 is 1.24 bits per heavy atom. The highest BCUT2D eigenvalue weighted by Crippen LogP contribution is 2.32. The van der Waals surface area contributed by atoms with Gasteiger partial charge in [-0.15, -0.1) is 0 Å². The molecule has 0 aromatic carbocycles. The van der Waals surface area contributed by atoms with Gasteiger partial charge in [-0.25, -0.2) is 0 Å². The summed E-state index contributed by atoms with van der Waals surface area (Å²) < 4.78 is 5.85. The van der Waals surface area contributed by atoms with Crippen molar-refractivity contribution in [3.63, 3.8) is 0 Å². The Hall–Kier alpha value is -0.343. The van der Waals surface area contributed by atoms with Gasteiger partial charge in [0, 0.05) is 21.1 Å². The van der Waals surface area contributed by atoms with E-state index in [0.717, 1.165) is 12.8 Å². The Labute approximate surface area is 134 Å². The molecule has 0 spiro atoms. The second-order valence-electron chi connectivity index (χ2n) is 7.77. The van der Waals surface area contributed by atoms with Gasteiger partial charge in [0.1, 0.15) is 0 Å². The van der Waals surface area contributed by atoms with Crippen LogP contribution in [0.4, 0.5) is 0 Å². The lowest BCUT2D eigenvalue weighted by Gasteiger charge is -2.32. The highest BCUT2D eigenvalue weighted by Gasteiger charge is 2.28. The second kappa shape index (κ2) is 10.4. The van der Waals surface area contributed by atoms with Crippen LogP contribution in [0.15, 0.2) is 23.8 Å². The largest absolute Gasteiger partial charge is 0.381 e. The number of unbranched alkanes of at least 4 members (excludes halogenated alkanes) is 1. The molecule has 0 saturated heterocycles. The van der Waals surface area contributed by atoms with Crippen LogP contribution >= 0.6 is 0 Å². The van der Waals surface area contributed by atoms with Crippen molar-refractivity contribution in [1.82, 2.24) is 0 Å². The predicted octanol–water partition coefficient (Wildman–Crippen LogP) is 6.45. The van der Waals surface area contributed by atoms with Gasteiger partial charge in [-0.05, 0) is 39.2 Å². The molecule has 0 aromatic heterocycles. The molecule has 0 aliphatic rings. The maximum absolute atomic E-state index is 5.85. The van der Waals surface area contributed by atoms with Crippen LogP contribution in [0, 0.1) is 5.92 Å². The molecule has 2 atom stereocenters. The van der Waals surface area contributed by atoms with Crippen molar-refractivity contribution >= 4 is 8.07 Å². The van der Waals surface area contributed by atoms with E-state index in [1.165, 1.54) is 36.5 Å². The fraction of sp³-hybridized carbons (Fsp3) is 0.789. The first-order valence-corrected chi connectivity index (χ1v) is 12.3. The van der Waals surface area contributed by atoms with Crippen LogP contribution < -0.4 is 0 Å². The van der Waals surface area contributed by atoms with Crippen molar-refractivity contribution in [3.8, 4) is 0 Å². The molecule has 124 valence electrons. The van der Waals surface area contributed by atoms with Gasteiger partial charge in [0.2, 0.25) is 0 Å². The number of ether oxygens (including phenoxy) is 1. The summed E-state index contributed by atoms with van der Waals surface area (Å²) in [6.45, 7) is 18.4. The summed E-state index contributed by atoms with van der Waals surface area (Å²) >= 11 is 0. The number of hydrogen-bond donors (Lipinski definition) is 0. The molecular weight excluding hydrogens is 272 g/mol. The SMILES string of the molecule is C=C(CCC=C(C)C)C(C[Si](C)(C)C)C(CCCC)OC. The van der Waals surface area contributed by atoms with E-state index < -0.39 is 8.07 Å². The third-order valence-electron chi connectivity index (χ3n) is 3.97. The number of methoxy groups -OCH3 is 1. The van der Waals surface area contributed by atoms with E-state index in [1.807, 2.05) is 7.11 Å². The van der Waals surface area contributed by atoms with E-state index in [4.69, 9.17) is 4.74 Å². The standard InChI is InChI=1S/C19H38OSi/c1-9-10-14-19(20-5)18(15-21(6,7)8)17(4)13-11-12-16(2)3/h12,18-19H,4,9-11,13-15H2,1-3,5-8H3. The summed E-state index contributed by atoms with van der Waals surface area (Å²) in [4.78, 5) is 0. The van der Waals surface area contributed by atoms with Crippen molar-refractivity contribution < 1.29 is 4.74 Å². The van der Waals surface area contributed by atoms with Crippen molar-refractivity contribution in [3.05, 3.63) is 23.8 Å². The van der Waals surface area contributed by atoms with Gasteiger partial charge in [0.05, 0.1) is 6.10 Å². The van der Waals surface area contributed by atoms with Crippen LogP contribution in [0.3, 0.4) is 0 Å². The molecule has 0 bridgehead atoms. The zero-order valence-corrected chi connectivity index (χ0v) is 16.6. The first-order chi connectivity index (χ1) is 9.71. The Morgan fingerprint density at radius 3 is 2.29 bits per heavy atom. The molecule has 1 nitrogen and oxygen atoms in total. The zero-order chi connectivity index (χ0) is 16.5. The Bertz CT molecular complexity index is 321. The van der Waals surface area contributed by atoms with E-state index in [2.05, 4.69) is 53.1 Å². The maximum atomic E-state index is 5.85. The lowest BCUT2D eigenvalue weighted by Crippen LogP contribution is -2.32. The average molecular weight is 311 g/mol. The van der Waals surface area contributed by atoms with E-state index >= 15 is 0 Å². The maximum Gasteiger partial charge on any atom is 0.0633 e. The Kier molecular flexibility index (Phi) is 10.2. The number of hydrogen-bond acceptors (Lipinski definition) is 1. The Morgan fingerprint density at radius 2 is 1.86 bits per heavy atom. The van der Waals surface area contributed by atoms with Gasteiger partial charge in [0.15, 0.2) is 0 Å². The third kappa shape index (κ3) is 10.1. The summed E-state index contributed by atoms with van der Waals surface area (Å²) in [5, 5.41) is 0. The molecule has 0 rings (SSSR count). The normalized spacial score (nSPS) is 14.6. The lowest BCUT2D eigenvalue weighted by atomic mass is 9.89. The number of rotatable bonds is 11. The van der Waals surface area contributed by atoms with Crippen molar-refractivity contribution in [1.29, 1.82) is 0 Å². The minimum absolute atomic E-state index is 0.357. The molecule has 0 N–H and O–H groups in total. The molecule has 21 heavy (non-hydrogen) atoms. The van der Waals surface area contributed by atoms with E-state index in [1.54, 1.807) is 0 Å². The second-order valence-corrected chi connectivity index (χ2v) is 13.3. The first-order valence-electron chi connectivity index (χ1n) is 8.55. The van der Waals surface area contributed by atoms with Crippen molar-refractivity contribution in [2.24, 2.45) is 5.92 Å². The van der Waals surface area contributed by atoms with Gasteiger partial charge in [-0.3, -0.25) is 0 Å². The predicted molar refractivity (Wildman–Crippen MR) is 99.8 cm³/mol. The van der Waals surface area contributed by atoms with Gasteiger partial charge in [-0.1, -0.05) is 63.2 Å². The molecule has 0 saturated carbocycles. The molecule has 0 radical (unpaired) electrons. The molecule has 2 heteroatoms. The van der Waals surface area contributed by atoms with Gasteiger partial charge in [-0.2, -0.15) is 0 Å². The molecule has 0 aliphatic heterocycles. The van der Waals surface area contributed by atoms with E-state index in [-0.39, 0.29) is 0 Å². The van der Waals surface area contributed by atoms with E-state index in [9.17, 15) is 0 Å². The van der Waals surface area contributed by atoms with E-state index in [0.29, 0.717) is 12.0 Å². The number of allylic oxidation sites excluding steroid dienone is 2. The molecule has 0 aromatic rings. The molecule has 0 heterocycles. The summed E-state index contributed by atoms with van der Waals surface area (Å²) in [5.41, 5.74) is 2.80. The zero-order valence-electron chi connectivity index (χ0n) is 15.6. The molecule has 2 unspecified atom stereocenters. The highest BCUT2D eigenvalue weighted by molar-refractivity contribution is 6.76. The van der Waals surface area contributed by atoms with Gasteiger partial charge in [0.25, 0.3) is 0 Å². The van der Waals surface area contributed by atoms with Crippen molar-refractivity contribution in [2.75, 3.05) is 7.11 Å². The minimum atomic E-state index is -1.12. The molecule has 0 fully saturated rings. The fourth-order valence-corrected chi connectivity index (χ4v) is 4.69. The first kappa shape index (κ1) is 20.7. The van der Waals surface area contributed by atoms with Crippen LogP contribution in [0.5, 0.6) is 0 Å².